The Morgan fingerprint density at radius 3 is 2.43 bits per heavy atom. The predicted molar refractivity (Wildman–Crippen MR) is 119 cm³/mol. The fraction of sp³-hybridized carbons (Fsp3) is 0.160. The van der Waals surface area contributed by atoms with E-state index in [1.165, 1.54) is 0 Å². The Labute approximate surface area is 176 Å². The van der Waals surface area contributed by atoms with Crippen molar-refractivity contribution in [2.45, 2.75) is 26.9 Å². The number of pyridine rings is 1. The molecule has 1 amide bonds. The Morgan fingerprint density at radius 1 is 0.933 bits per heavy atom. The van der Waals surface area contributed by atoms with Crippen molar-refractivity contribution >= 4 is 11.6 Å². The molecule has 2 heterocycles. The molecule has 0 radical (unpaired) electrons. The molecule has 0 saturated carbocycles. The molecule has 150 valence electrons. The van der Waals surface area contributed by atoms with E-state index in [0.29, 0.717) is 18.8 Å². The first-order valence-corrected chi connectivity index (χ1v) is 10.1. The number of carbonyl (C=O) groups excluding carboxylic acids is 1. The lowest BCUT2D eigenvalue weighted by Crippen LogP contribution is -2.32. The molecule has 0 aliphatic rings. The van der Waals surface area contributed by atoms with E-state index in [-0.39, 0.29) is 5.91 Å². The van der Waals surface area contributed by atoms with Gasteiger partial charge in [-0.05, 0) is 55.3 Å². The van der Waals surface area contributed by atoms with Gasteiger partial charge in [0.2, 0.25) is 0 Å². The molecule has 5 nitrogen and oxygen atoms in total. The van der Waals surface area contributed by atoms with Gasteiger partial charge in [-0.25, -0.2) is 0 Å². The number of aromatic nitrogens is 3. The zero-order chi connectivity index (χ0) is 20.9. The number of hydrogen-bond donors (Lipinski definition) is 0. The molecule has 0 spiro atoms. The Bertz CT molecular complexity index is 1140. The highest BCUT2D eigenvalue weighted by Crippen LogP contribution is 2.27. The molecule has 5 heteroatoms. The number of aryl methyl sites for hydroxylation is 2. The number of hydrogen-bond acceptors (Lipinski definition) is 3. The van der Waals surface area contributed by atoms with Crippen molar-refractivity contribution in [2.75, 3.05) is 4.90 Å². The highest BCUT2D eigenvalue weighted by atomic mass is 16.2. The van der Waals surface area contributed by atoms with Gasteiger partial charge in [0.05, 0.1) is 17.9 Å². The van der Waals surface area contributed by atoms with E-state index < -0.39 is 0 Å². The first kappa shape index (κ1) is 19.6. The SMILES string of the molecule is CCn1nc(C)cc1C(=O)N(Cc1ccccn1)c1cccc(-c2ccccc2)c1. The van der Waals surface area contributed by atoms with Crippen LogP contribution in [0.1, 0.15) is 28.8 Å². The van der Waals surface area contributed by atoms with Gasteiger partial charge < -0.3 is 4.90 Å². The van der Waals surface area contributed by atoms with Crippen LogP contribution in [0.2, 0.25) is 0 Å². The number of carbonyl (C=O) groups is 1. The van der Waals surface area contributed by atoms with Crippen LogP contribution < -0.4 is 4.90 Å². The molecule has 0 aliphatic carbocycles. The van der Waals surface area contributed by atoms with Crippen molar-refractivity contribution in [3.63, 3.8) is 0 Å². The number of amides is 1. The van der Waals surface area contributed by atoms with Crippen LogP contribution in [0.5, 0.6) is 0 Å². The van der Waals surface area contributed by atoms with Crippen LogP contribution in [-0.2, 0) is 13.1 Å². The van der Waals surface area contributed by atoms with E-state index in [9.17, 15) is 4.79 Å². The summed E-state index contributed by atoms with van der Waals surface area (Å²) in [5.74, 6) is -0.0895. The maximum atomic E-state index is 13.6. The van der Waals surface area contributed by atoms with Gasteiger partial charge in [0.15, 0.2) is 0 Å². The fourth-order valence-corrected chi connectivity index (χ4v) is 3.51. The zero-order valence-electron chi connectivity index (χ0n) is 17.2. The smallest absolute Gasteiger partial charge is 0.276 e. The second-order valence-corrected chi connectivity index (χ2v) is 7.12. The summed E-state index contributed by atoms with van der Waals surface area (Å²) in [5.41, 5.74) is 5.24. The molecule has 4 rings (SSSR count). The number of rotatable bonds is 6. The van der Waals surface area contributed by atoms with Gasteiger partial charge in [0.25, 0.3) is 5.91 Å². The third-order valence-corrected chi connectivity index (χ3v) is 4.98. The number of nitrogens with zero attached hydrogens (tertiary/aromatic N) is 4. The molecule has 0 aliphatic heterocycles. The van der Waals surface area contributed by atoms with Crippen molar-refractivity contribution in [2.24, 2.45) is 0 Å². The van der Waals surface area contributed by atoms with Crippen molar-refractivity contribution < 1.29 is 4.79 Å². The van der Waals surface area contributed by atoms with Gasteiger partial charge in [-0.2, -0.15) is 5.10 Å². The van der Waals surface area contributed by atoms with E-state index in [4.69, 9.17) is 0 Å². The lowest BCUT2D eigenvalue weighted by Gasteiger charge is -2.23. The van der Waals surface area contributed by atoms with Gasteiger partial charge in [-0.15, -0.1) is 0 Å². The highest BCUT2D eigenvalue weighted by Gasteiger charge is 2.23. The van der Waals surface area contributed by atoms with E-state index in [0.717, 1.165) is 28.2 Å². The third-order valence-electron chi connectivity index (χ3n) is 4.98. The summed E-state index contributed by atoms with van der Waals surface area (Å²) >= 11 is 0. The monoisotopic (exact) mass is 396 g/mol. The fourth-order valence-electron chi connectivity index (χ4n) is 3.51. The van der Waals surface area contributed by atoms with Crippen LogP contribution >= 0.6 is 0 Å². The molecular weight excluding hydrogens is 372 g/mol. The van der Waals surface area contributed by atoms with E-state index >= 15 is 0 Å². The van der Waals surface area contributed by atoms with Crippen LogP contribution in [0.3, 0.4) is 0 Å². The molecule has 2 aromatic heterocycles. The number of benzene rings is 2. The summed E-state index contributed by atoms with van der Waals surface area (Å²) in [4.78, 5) is 19.8. The predicted octanol–water partition coefficient (Wildman–Crippen LogP) is 5.12. The number of anilines is 1. The van der Waals surface area contributed by atoms with Crippen molar-refractivity contribution in [1.82, 2.24) is 14.8 Å². The summed E-state index contributed by atoms with van der Waals surface area (Å²) < 4.78 is 1.75. The average molecular weight is 396 g/mol. The molecule has 0 atom stereocenters. The molecule has 4 aromatic rings. The van der Waals surface area contributed by atoms with Crippen LogP contribution in [0.25, 0.3) is 11.1 Å². The van der Waals surface area contributed by atoms with Crippen molar-refractivity contribution in [3.8, 4) is 11.1 Å². The van der Waals surface area contributed by atoms with Crippen LogP contribution in [-0.4, -0.2) is 20.7 Å². The van der Waals surface area contributed by atoms with Crippen LogP contribution in [0.4, 0.5) is 5.69 Å². The normalized spacial score (nSPS) is 10.7. The summed E-state index contributed by atoms with van der Waals surface area (Å²) in [6.45, 7) is 4.91. The standard InChI is InChI=1S/C25H24N4O/c1-3-29-24(16-19(2)27-29)25(30)28(18-22-13-7-8-15-26-22)23-14-9-12-21(17-23)20-10-5-4-6-11-20/h4-17H,3,18H2,1-2H3. The van der Waals surface area contributed by atoms with E-state index in [2.05, 4.69) is 34.3 Å². The van der Waals surface area contributed by atoms with E-state index in [1.54, 1.807) is 15.8 Å². The van der Waals surface area contributed by atoms with Gasteiger partial charge >= 0.3 is 0 Å². The molecule has 0 unspecified atom stereocenters. The van der Waals surface area contributed by atoms with Crippen molar-refractivity contribution in [1.29, 1.82) is 0 Å². The van der Waals surface area contributed by atoms with Gasteiger partial charge in [-0.3, -0.25) is 14.5 Å². The van der Waals surface area contributed by atoms with Gasteiger partial charge in [0, 0.05) is 18.4 Å². The minimum atomic E-state index is -0.0895. The highest BCUT2D eigenvalue weighted by molar-refractivity contribution is 6.05. The first-order chi connectivity index (χ1) is 14.7. The summed E-state index contributed by atoms with van der Waals surface area (Å²) in [7, 11) is 0. The summed E-state index contributed by atoms with van der Waals surface area (Å²) in [6, 6.07) is 25.8. The molecule has 0 N–H and O–H groups in total. The van der Waals surface area contributed by atoms with Crippen LogP contribution in [0, 0.1) is 6.92 Å². The second kappa shape index (κ2) is 8.74. The van der Waals surface area contributed by atoms with Gasteiger partial charge in [0.1, 0.15) is 5.69 Å². The first-order valence-electron chi connectivity index (χ1n) is 10.1. The Balaban J connectivity index is 1.77. The third kappa shape index (κ3) is 4.15. The Morgan fingerprint density at radius 2 is 1.70 bits per heavy atom. The minimum absolute atomic E-state index is 0.0895. The quantitative estimate of drug-likeness (QED) is 0.454. The lowest BCUT2D eigenvalue weighted by atomic mass is 10.0. The zero-order valence-corrected chi connectivity index (χ0v) is 17.2. The van der Waals surface area contributed by atoms with Crippen LogP contribution in [0.15, 0.2) is 85.1 Å². The lowest BCUT2D eigenvalue weighted by molar-refractivity contribution is 0.0974. The largest absolute Gasteiger partial charge is 0.301 e. The maximum absolute atomic E-state index is 13.6. The molecule has 0 bridgehead atoms. The summed E-state index contributed by atoms with van der Waals surface area (Å²) in [5, 5.41) is 4.45. The Hall–Kier alpha value is -3.73. The topological polar surface area (TPSA) is 51.0 Å². The van der Waals surface area contributed by atoms with Gasteiger partial charge in [-0.1, -0.05) is 48.5 Å². The second-order valence-electron chi connectivity index (χ2n) is 7.12. The average Bonchev–Trinajstić information content (AvgIpc) is 3.19. The molecule has 0 fully saturated rings. The molecule has 0 saturated heterocycles. The molecule has 30 heavy (non-hydrogen) atoms. The maximum Gasteiger partial charge on any atom is 0.276 e. The summed E-state index contributed by atoms with van der Waals surface area (Å²) in [6.07, 6.45) is 1.75. The Kier molecular flexibility index (Phi) is 5.70. The molecular formula is C25H24N4O. The van der Waals surface area contributed by atoms with Crippen molar-refractivity contribution in [3.05, 3.63) is 102 Å². The van der Waals surface area contributed by atoms with E-state index in [1.807, 2.05) is 68.4 Å². The molecule has 2 aromatic carbocycles. The minimum Gasteiger partial charge on any atom is -0.301 e.